The molecule has 0 spiro atoms. The van der Waals surface area contributed by atoms with Crippen molar-refractivity contribution >= 4 is 23.4 Å². The van der Waals surface area contributed by atoms with E-state index in [1.165, 1.54) is 22.4 Å². The van der Waals surface area contributed by atoms with Crippen molar-refractivity contribution in [1.29, 1.82) is 0 Å². The van der Waals surface area contributed by atoms with Crippen LogP contribution in [0.2, 0.25) is 0 Å². The Morgan fingerprint density at radius 3 is 2.16 bits per heavy atom. The van der Waals surface area contributed by atoms with Gasteiger partial charge in [-0.1, -0.05) is 85.9 Å². The van der Waals surface area contributed by atoms with Gasteiger partial charge >= 0.3 is 0 Å². The molecule has 0 radical (unpaired) electrons. The normalized spacial score (nSPS) is 20.0. The van der Waals surface area contributed by atoms with Gasteiger partial charge in [0, 0.05) is 23.0 Å². The standard InChI is InChI=1S/C20H25ClN2S.C5H12.C2H6/c1-4-15-7-9-16(10-8-15)6-5-13(2)19-17(11-21)12-24-20-18(22)14(3)23(19)20;1-5(2,3)4;1-2/h7-10,18,20H,2-6,11-12,22H2,1H3;1-4H3;1-2H3. The minimum atomic E-state index is 0.0521. The van der Waals surface area contributed by atoms with Crippen LogP contribution in [0.15, 0.2) is 60.0 Å². The maximum absolute atomic E-state index is 6.19. The van der Waals surface area contributed by atoms with Gasteiger partial charge < -0.3 is 10.6 Å². The van der Waals surface area contributed by atoms with Crippen LogP contribution >= 0.6 is 23.4 Å². The van der Waals surface area contributed by atoms with E-state index in [1.54, 1.807) is 0 Å². The molecule has 2 aliphatic heterocycles. The van der Waals surface area contributed by atoms with Gasteiger partial charge in [-0.15, -0.1) is 23.4 Å². The second kappa shape index (κ2) is 12.8. The summed E-state index contributed by atoms with van der Waals surface area (Å²) in [5, 5.41) is 0.292. The fourth-order valence-corrected chi connectivity index (χ4v) is 5.02. The summed E-state index contributed by atoms with van der Waals surface area (Å²) in [7, 11) is 0. The van der Waals surface area contributed by atoms with Crippen molar-refractivity contribution < 1.29 is 0 Å². The van der Waals surface area contributed by atoms with Gasteiger partial charge in [-0.2, -0.15) is 0 Å². The molecule has 4 heteroatoms. The quantitative estimate of drug-likeness (QED) is 0.442. The van der Waals surface area contributed by atoms with E-state index in [-0.39, 0.29) is 6.04 Å². The lowest BCUT2D eigenvalue weighted by Gasteiger charge is -2.53. The predicted octanol–water partition coefficient (Wildman–Crippen LogP) is 7.54. The number of nitrogens with two attached hydrogens (primary N) is 1. The predicted molar refractivity (Wildman–Crippen MR) is 143 cm³/mol. The van der Waals surface area contributed by atoms with E-state index in [0.29, 0.717) is 16.7 Å². The molecule has 1 fully saturated rings. The lowest BCUT2D eigenvalue weighted by Crippen LogP contribution is -2.61. The van der Waals surface area contributed by atoms with Crippen molar-refractivity contribution in [3.63, 3.8) is 0 Å². The number of rotatable bonds is 6. The van der Waals surface area contributed by atoms with Crippen LogP contribution in [0.5, 0.6) is 0 Å². The Kier molecular flexibility index (Phi) is 11.5. The fraction of sp³-hybridized carbons (Fsp3) is 0.556. The monoisotopic (exact) mass is 462 g/mol. The molecule has 1 aromatic rings. The summed E-state index contributed by atoms with van der Waals surface area (Å²) in [5.41, 5.74) is 14.0. The molecule has 0 aromatic heterocycles. The van der Waals surface area contributed by atoms with Gasteiger partial charge in [-0.05, 0) is 47.0 Å². The van der Waals surface area contributed by atoms with Gasteiger partial charge in [0.05, 0.1) is 6.04 Å². The first kappa shape index (κ1) is 27.9. The molecule has 31 heavy (non-hydrogen) atoms. The Hall–Kier alpha value is -1.16. The van der Waals surface area contributed by atoms with Crippen LogP contribution in [0.1, 0.15) is 66.0 Å². The molecule has 1 saturated heterocycles. The molecule has 1 aromatic carbocycles. The van der Waals surface area contributed by atoms with Crippen LogP contribution in [0, 0.1) is 5.41 Å². The van der Waals surface area contributed by atoms with Crippen molar-refractivity contribution in [2.45, 2.75) is 79.1 Å². The van der Waals surface area contributed by atoms with E-state index in [2.05, 4.69) is 76.9 Å². The smallest absolute Gasteiger partial charge is 0.101 e. The molecule has 2 N–H and O–H groups in total. The van der Waals surface area contributed by atoms with Crippen molar-refractivity contribution in [1.82, 2.24) is 4.90 Å². The van der Waals surface area contributed by atoms with Gasteiger partial charge in [0.15, 0.2) is 0 Å². The number of aryl methyl sites for hydroxylation is 2. The molecule has 0 aliphatic carbocycles. The molecule has 2 nitrogen and oxygen atoms in total. The number of alkyl halides is 1. The second-order valence-corrected chi connectivity index (χ2v) is 10.8. The molecule has 3 rings (SSSR count). The summed E-state index contributed by atoms with van der Waals surface area (Å²) < 4.78 is 0. The van der Waals surface area contributed by atoms with Gasteiger partial charge in [0.2, 0.25) is 0 Å². The highest BCUT2D eigenvalue weighted by Crippen LogP contribution is 2.46. The van der Waals surface area contributed by atoms with Crippen LogP contribution in [0.4, 0.5) is 0 Å². The summed E-state index contributed by atoms with van der Waals surface area (Å²) in [5.74, 6) is 1.48. The zero-order valence-electron chi connectivity index (χ0n) is 20.7. The molecule has 2 heterocycles. The van der Waals surface area contributed by atoms with Crippen molar-refractivity contribution in [3.05, 3.63) is 71.1 Å². The number of hydrogen-bond donors (Lipinski definition) is 1. The third-order valence-electron chi connectivity index (χ3n) is 4.90. The number of halogens is 1. The Balaban J connectivity index is 0.000000605. The lowest BCUT2D eigenvalue weighted by molar-refractivity contribution is 0.251. The SMILES string of the molecule is C=C(CCc1ccc(CC)cc1)C1=C(CCl)CSC2C(N)C(=C)N12.CC.CC(C)(C)C. The van der Waals surface area contributed by atoms with Crippen molar-refractivity contribution in [2.24, 2.45) is 11.1 Å². The maximum atomic E-state index is 6.19. The first-order valence-corrected chi connectivity index (χ1v) is 13.0. The number of nitrogens with zero attached hydrogens (tertiary/aromatic N) is 1. The number of fused-ring (bicyclic) bond motifs is 1. The number of thioether (sulfide) groups is 1. The van der Waals surface area contributed by atoms with Crippen LogP contribution in [-0.2, 0) is 12.8 Å². The molecular weight excluding hydrogens is 420 g/mol. The van der Waals surface area contributed by atoms with E-state index in [0.717, 1.165) is 36.3 Å². The van der Waals surface area contributed by atoms with Gasteiger partial charge in [0.1, 0.15) is 5.37 Å². The third-order valence-corrected chi connectivity index (χ3v) is 6.59. The van der Waals surface area contributed by atoms with Gasteiger partial charge in [-0.3, -0.25) is 0 Å². The Morgan fingerprint density at radius 2 is 1.68 bits per heavy atom. The summed E-state index contributed by atoms with van der Waals surface area (Å²) in [6, 6.07) is 8.93. The molecule has 174 valence electrons. The van der Waals surface area contributed by atoms with Gasteiger partial charge in [-0.25, -0.2) is 0 Å². The van der Waals surface area contributed by atoms with Crippen LogP contribution in [0.3, 0.4) is 0 Å². The molecule has 2 atom stereocenters. The zero-order chi connectivity index (χ0) is 23.8. The molecular formula is C27H43ClN2S. The Bertz CT molecular complexity index is 752. The highest BCUT2D eigenvalue weighted by molar-refractivity contribution is 8.00. The van der Waals surface area contributed by atoms with Crippen LogP contribution in [-0.4, -0.2) is 27.9 Å². The van der Waals surface area contributed by atoms with E-state index < -0.39 is 0 Å². The number of hydrogen-bond acceptors (Lipinski definition) is 3. The first-order chi connectivity index (χ1) is 14.6. The number of benzene rings is 1. The average molecular weight is 463 g/mol. The summed E-state index contributed by atoms with van der Waals surface area (Å²) in [6.45, 7) is 23.4. The Morgan fingerprint density at radius 1 is 1.16 bits per heavy atom. The average Bonchev–Trinajstić information content (AvgIpc) is 2.76. The molecule has 0 bridgehead atoms. The van der Waals surface area contributed by atoms with Gasteiger partial charge in [0.25, 0.3) is 0 Å². The molecule has 0 amide bonds. The van der Waals surface area contributed by atoms with Crippen molar-refractivity contribution in [2.75, 3.05) is 11.6 Å². The number of allylic oxidation sites excluding steroid dienone is 1. The highest BCUT2D eigenvalue weighted by Gasteiger charge is 2.45. The second-order valence-electron chi connectivity index (χ2n) is 9.45. The first-order valence-electron chi connectivity index (χ1n) is 11.5. The van der Waals surface area contributed by atoms with Crippen molar-refractivity contribution in [3.8, 4) is 0 Å². The summed E-state index contributed by atoms with van der Waals surface area (Å²) >= 11 is 8.04. The minimum absolute atomic E-state index is 0.0521. The Labute approximate surface area is 201 Å². The van der Waals surface area contributed by atoms with Crippen LogP contribution < -0.4 is 5.73 Å². The van der Waals surface area contributed by atoms with E-state index in [4.69, 9.17) is 17.3 Å². The lowest BCUT2D eigenvalue weighted by atomic mass is 9.94. The summed E-state index contributed by atoms with van der Waals surface area (Å²) in [6.07, 6.45) is 3.00. The minimum Gasteiger partial charge on any atom is -0.329 e. The highest BCUT2D eigenvalue weighted by atomic mass is 35.5. The van der Waals surface area contributed by atoms with E-state index >= 15 is 0 Å². The third kappa shape index (κ3) is 8.04. The largest absolute Gasteiger partial charge is 0.329 e. The molecule has 2 unspecified atom stereocenters. The fourth-order valence-electron chi connectivity index (χ4n) is 3.32. The molecule has 2 aliphatic rings. The van der Waals surface area contributed by atoms with E-state index in [9.17, 15) is 0 Å². The van der Waals surface area contributed by atoms with E-state index in [1.807, 2.05) is 25.6 Å². The zero-order valence-corrected chi connectivity index (χ0v) is 22.3. The summed E-state index contributed by atoms with van der Waals surface area (Å²) in [4.78, 5) is 2.25. The molecule has 0 saturated carbocycles. The topological polar surface area (TPSA) is 29.3 Å². The maximum Gasteiger partial charge on any atom is 0.101 e. The van der Waals surface area contributed by atoms with Crippen LogP contribution in [0.25, 0.3) is 0 Å².